The molecule has 3 aliphatic rings. The van der Waals surface area contributed by atoms with Crippen LogP contribution < -0.4 is 5.32 Å². The number of allylic oxidation sites excluding steroid dienone is 1. The smallest absolute Gasteiger partial charge is 0.362 e. The third-order valence-electron chi connectivity index (χ3n) is 5.48. The highest BCUT2D eigenvalue weighted by molar-refractivity contribution is 6.21. The van der Waals surface area contributed by atoms with Gasteiger partial charge in [-0.15, -0.1) is 0 Å². The van der Waals surface area contributed by atoms with Crippen molar-refractivity contribution >= 4 is 23.6 Å². The van der Waals surface area contributed by atoms with Crippen molar-refractivity contribution in [2.45, 2.75) is 37.6 Å². The number of alkyl halides is 3. The molecule has 9 heteroatoms. The number of hydrogen-bond acceptors (Lipinski definition) is 5. The number of benzene rings is 1. The van der Waals surface area contributed by atoms with Gasteiger partial charge in [0.2, 0.25) is 6.17 Å². The zero-order valence-corrected chi connectivity index (χ0v) is 16.2. The molecule has 1 saturated carbocycles. The number of hydrogen-bond donors (Lipinski definition) is 1. The molecule has 0 saturated heterocycles. The molecule has 2 aromatic rings. The predicted octanol–water partition coefficient (Wildman–Crippen LogP) is 3.66. The summed E-state index contributed by atoms with van der Waals surface area (Å²) in [5, 5.41) is 2.25. The van der Waals surface area contributed by atoms with E-state index in [4.69, 9.17) is 0 Å². The number of pyridine rings is 1. The van der Waals surface area contributed by atoms with Crippen LogP contribution in [0.1, 0.15) is 56.4 Å². The van der Waals surface area contributed by atoms with Crippen LogP contribution in [-0.2, 0) is 6.54 Å². The third-order valence-corrected chi connectivity index (χ3v) is 5.48. The van der Waals surface area contributed by atoms with Crippen molar-refractivity contribution in [2.75, 3.05) is 0 Å². The zero-order chi connectivity index (χ0) is 21.8. The summed E-state index contributed by atoms with van der Waals surface area (Å²) in [6.45, 7) is 0.0601. The number of nitrogens with one attached hydrogen (secondary N) is 1. The Kier molecular flexibility index (Phi) is 4.42. The Hall–Kier alpha value is -3.49. The number of imide groups is 1. The Morgan fingerprint density at radius 1 is 1.06 bits per heavy atom. The molecule has 2 amide bonds. The van der Waals surface area contributed by atoms with Gasteiger partial charge in [-0.25, -0.2) is 0 Å². The molecule has 0 radical (unpaired) electrons. The van der Waals surface area contributed by atoms with E-state index in [1.54, 1.807) is 30.3 Å². The predicted molar refractivity (Wildman–Crippen MR) is 106 cm³/mol. The summed E-state index contributed by atoms with van der Waals surface area (Å²) in [7, 11) is 0. The first kappa shape index (κ1) is 19.5. The van der Waals surface area contributed by atoms with Gasteiger partial charge in [0.25, 0.3) is 11.8 Å². The summed E-state index contributed by atoms with van der Waals surface area (Å²) in [4.78, 5) is 34.7. The van der Waals surface area contributed by atoms with E-state index < -0.39 is 12.3 Å². The summed E-state index contributed by atoms with van der Waals surface area (Å²) >= 11 is 0. The Morgan fingerprint density at radius 3 is 2.29 bits per heavy atom. The molecule has 1 aromatic heterocycles. The lowest BCUT2D eigenvalue weighted by Crippen LogP contribution is -2.39. The summed E-state index contributed by atoms with van der Waals surface area (Å²) in [5.74, 6) is -0.446. The van der Waals surface area contributed by atoms with Gasteiger partial charge in [-0.3, -0.25) is 24.5 Å². The first-order chi connectivity index (χ1) is 14.8. The van der Waals surface area contributed by atoms with Gasteiger partial charge < -0.3 is 5.32 Å². The number of halogens is 3. The lowest BCUT2D eigenvalue weighted by molar-refractivity contribution is -0.151. The lowest BCUT2D eigenvalue weighted by Gasteiger charge is -2.21. The van der Waals surface area contributed by atoms with Gasteiger partial charge in [-0.2, -0.15) is 13.2 Å². The van der Waals surface area contributed by atoms with Crippen LogP contribution in [-0.4, -0.2) is 40.3 Å². The molecule has 3 heterocycles. The highest BCUT2D eigenvalue weighted by Crippen LogP contribution is 2.40. The van der Waals surface area contributed by atoms with Crippen LogP contribution in [0.5, 0.6) is 0 Å². The molecular weight excluding hydrogens is 409 g/mol. The number of aliphatic imine (C=N–C) groups is 1. The largest absolute Gasteiger partial charge is 0.429 e. The van der Waals surface area contributed by atoms with Crippen molar-refractivity contribution in [1.82, 2.24) is 15.2 Å². The molecule has 1 N–H and O–H groups in total. The first-order valence-corrected chi connectivity index (χ1v) is 9.84. The standard InChI is InChI=1S/C22H17F3N4O2/c23-22(24,25)21-26-9-14(10-27-21)18-8-12(7-17(28-18)13-5-6-13)11-29-19(30)15-3-1-2-4-16(15)20(29)31/h1-4,7-10,13,21,26H,5-6,11H2. The van der Waals surface area contributed by atoms with E-state index in [2.05, 4.69) is 15.3 Å². The quantitative estimate of drug-likeness (QED) is 0.758. The number of rotatable bonds is 4. The number of nitrogens with zero attached hydrogens (tertiary/aromatic N) is 3. The summed E-state index contributed by atoms with van der Waals surface area (Å²) < 4.78 is 38.5. The van der Waals surface area contributed by atoms with Gasteiger partial charge in [0, 0.05) is 29.6 Å². The summed E-state index contributed by atoms with van der Waals surface area (Å²) in [6, 6.07) is 10.2. The maximum atomic E-state index is 12.8. The van der Waals surface area contributed by atoms with E-state index in [-0.39, 0.29) is 24.3 Å². The minimum Gasteiger partial charge on any atom is -0.362 e. The maximum absolute atomic E-state index is 12.8. The second kappa shape index (κ2) is 7.04. The molecule has 1 aliphatic carbocycles. The highest BCUT2D eigenvalue weighted by atomic mass is 19.4. The molecule has 0 bridgehead atoms. The second-order valence-electron chi connectivity index (χ2n) is 7.79. The van der Waals surface area contributed by atoms with Gasteiger partial charge in [0.05, 0.1) is 23.4 Å². The van der Waals surface area contributed by atoms with E-state index in [0.717, 1.165) is 24.8 Å². The van der Waals surface area contributed by atoms with E-state index in [0.29, 0.717) is 28.0 Å². The van der Waals surface area contributed by atoms with Crippen LogP contribution in [0, 0.1) is 0 Å². The fourth-order valence-electron chi connectivity index (χ4n) is 3.73. The van der Waals surface area contributed by atoms with E-state index in [1.165, 1.54) is 11.1 Å². The average Bonchev–Trinajstić information content (AvgIpc) is 3.58. The van der Waals surface area contributed by atoms with Crippen LogP contribution in [0.4, 0.5) is 13.2 Å². The molecule has 0 spiro atoms. The van der Waals surface area contributed by atoms with E-state index in [9.17, 15) is 22.8 Å². The molecule has 5 rings (SSSR count). The Labute approximate surface area is 175 Å². The summed E-state index contributed by atoms with van der Waals surface area (Å²) in [5.41, 5.74) is 3.09. The van der Waals surface area contributed by atoms with Gasteiger partial charge in [-0.05, 0) is 42.7 Å². The van der Waals surface area contributed by atoms with Crippen LogP contribution in [0.2, 0.25) is 0 Å². The molecule has 1 atom stereocenters. The maximum Gasteiger partial charge on any atom is 0.429 e. The van der Waals surface area contributed by atoms with Crippen molar-refractivity contribution in [3.8, 4) is 0 Å². The number of carbonyl (C=O) groups excluding carboxylic acids is 2. The fourth-order valence-corrected chi connectivity index (χ4v) is 3.73. The van der Waals surface area contributed by atoms with Crippen molar-refractivity contribution < 1.29 is 22.8 Å². The van der Waals surface area contributed by atoms with Gasteiger partial charge >= 0.3 is 6.18 Å². The highest BCUT2D eigenvalue weighted by Gasteiger charge is 2.40. The van der Waals surface area contributed by atoms with Crippen LogP contribution in [0.25, 0.3) is 5.57 Å². The molecule has 1 fully saturated rings. The zero-order valence-electron chi connectivity index (χ0n) is 16.2. The molecule has 1 unspecified atom stereocenters. The SMILES string of the molecule is O=C1c2ccccc2C(=O)N1Cc1cc(C2=CNC(C(F)(F)F)N=C2)nc(C2CC2)c1. The Balaban J connectivity index is 1.44. The lowest BCUT2D eigenvalue weighted by atomic mass is 10.1. The fraction of sp³-hybridized carbons (Fsp3) is 0.273. The van der Waals surface area contributed by atoms with Gasteiger partial charge in [0.15, 0.2) is 0 Å². The summed E-state index contributed by atoms with van der Waals surface area (Å²) in [6.07, 6.45) is -2.12. The van der Waals surface area contributed by atoms with Crippen molar-refractivity contribution in [3.63, 3.8) is 0 Å². The van der Waals surface area contributed by atoms with Crippen LogP contribution in [0.3, 0.4) is 0 Å². The molecule has 31 heavy (non-hydrogen) atoms. The normalized spacial score (nSPS) is 20.5. The number of amides is 2. The minimum atomic E-state index is -4.49. The Bertz CT molecular complexity index is 1120. The number of carbonyl (C=O) groups is 2. The van der Waals surface area contributed by atoms with E-state index in [1.807, 2.05) is 6.07 Å². The molecular formula is C22H17F3N4O2. The second-order valence-corrected chi connectivity index (χ2v) is 7.79. The van der Waals surface area contributed by atoms with Crippen molar-refractivity contribution in [1.29, 1.82) is 0 Å². The third kappa shape index (κ3) is 3.60. The molecule has 2 aliphatic heterocycles. The van der Waals surface area contributed by atoms with Crippen LogP contribution >= 0.6 is 0 Å². The topological polar surface area (TPSA) is 74.7 Å². The number of aromatic nitrogens is 1. The monoisotopic (exact) mass is 426 g/mol. The Morgan fingerprint density at radius 2 is 1.74 bits per heavy atom. The first-order valence-electron chi connectivity index (χ1n) is 9.84. The van der Waals surface area contributed by atoms with E-state index >= 15 is 0 Å². The number of fused-ring (bicyclic) bond motifs is 1. The molecule has 158 valence electrons. The van der Waals surface area contributed by atoms with Gasteiger partial charge in [-0.1, -0.05) is 12.1 Å². The molecule has 6 nitrogen and oxygen atoms in total. The molecule has 1 aromatic carbocycles. The van der Waals surface area contributed by atoms with Crippen molar-refractivity contribution in [3.05, 3.63) is 70.7 Å². The van der Waals surface area contributed by atoms with Gasteiger partial charge in [0.1, 0.15) is 0 Å². The minimum absolute atomic E-state index is 0.0601. The van der Waals surface area contributed by atoms with Crippen LogP contribution in [0.15, 0.2) is 47.6 Å². The average molecular weight is 426 g/mol. The van der Waals surface area contributed by atoms with Crippen molar-refractivity contribution in [2.24, 2.45) is 4.99 Å².